The summed E-state index contributed by atoms with van der Waals surface area (Å²) in [7, 11) is 1.36. The molecule has 2 aromatic rings. The number of rotatable bonds is 7. The summed E-state index contributed by atoms with van der Waals surface area (Å²) in [6.45, 7) is 4.30. The number of amides is 1. The van der Waals surface area contributed by atoms with Gasteiger partial charge in [0.25, 0.3) is 0 Å². The molecule has 0 spiro atoms. The molecule has 0 saturated heterocycles. The van der Waals surface area contributed by atoms with Gasteiger partial charge in [0.05, 0.1) is 25.3 Å². The standard InChI is InChI=1S/C22H28N2O4S/c1-14-9-10-17-18(11-14)29-21(20(17)22(27)28-3)23-19(26)13-24(12-15(2)25)16-7-5-4-6-8-16/h4-8,14-15,25H,9-13H2,1-3H3,(H,23,26). The van der Waals surface area contributed by atoms with Gasteiger partial charge >= 0.3 is 5.97 Å². The van der Waals surface area contributed by atoms with Crippen LogP contribution in [0.15, 0.2) is 30.3 Å². The summed E-state index contributed by atoms with van der Waals surface area (Å²) < 4.78 is 4.99. The van der Waals surface area contributed by atoms with Gasteiger partial charge in [0, 0.05) is 17.1 Å². The van der Waals surface area contributed by atoms with Crippen LogP contribution in [0.5, 0.6) is 0 Å². The molecular weight excluding hydrogens is 388 g/mol. The van der Waals surface area contributed by atoms with Crippen LogP contribution in [0.25, 0.3) is 0 Å². The first-order chi connectivity index (χ1) is 13.9. The summed E-state index contributed by atoms with van der Waals surface area (Å²) in [5.41, 5.74) is 2.37. The molecule has 0 saturated carbocycles. The Balaban J connectivity index is 1.81. The van der Waals surface area contributed by atoms with Gasteiger partial charge in [-0.1, -0.05) is 25.1 Å². The first kappa shape index (κ1) is 21.3. The SMILES string of the molecule is COC(=O)c1c(NC(=O)CN(CC(C)O)c2ccccc2)sc2c1CCC(C)C2. The molecule has 0 fully saturated rings. The summed E-state index contributed by atoms with van der Waals surface area (Å²) in [6, 6.07) is 9.50. The number of para-hydroxylation sites is 1. The minimum Gasteiger partial charge on any atom is -0.465 e. The highest BCUT2D eigenvalue weighted by atomic mass is 32.1. The Bertz CT molecular complexity index is 863. The van der Waals surface area contributed by atoms with Gasteiger partial charge in [0.2, 0.25) is 5.91 Å². The van der Waals surface area contributed by atoms with Crippen molar-refractivity contribution in [2.45, 2.75) is 39.2 Å². The minimum absolute atomic E-state index is 0.0779. The fraction of sp³-hybridized carbons (Fsp3) is 0.455. The normalized spacial score (nSPS) is 16.6. The molecule has 2 N–H and O–H groups in total. The zero-order chi connectivity index (χ0) is 21.0. The Kier molecular flexibility index (Phi) is 6.92. The van der Waals surface area contributed by atoms with Crippen molar-refractivity contribution in [3.05, 3.63) is 46.3 Å². The summed E-state index contributed by atoms with van der Waals surface area (Å²) in [5, 5.41) is 13.3. The first-order valence-corrected chi connectivity index (χ1v) is 10.7. The Morgan fingerprint density at radius 2 is 2.07 bits per heavy atom. The van der Waals surface area contributed by atoms with E-state index in [1.807, 2.05) is 35.2 Å². The molecule has 7 heteroatoms. The highest BCUT2D eigenvalue weighted by Gasteiger charge is 2.29. The van der Waals surface area contributed by atoms with Crippen molar-refractivity contribution in [2.24, 2.45) is 5.92 Å². The maximum atomic E-state index is 12.8. The monoisotopic (exact) mass is 416 g/mol. The van der Waals surface area contributed by atoms with E-state index >= 15 is 0 Å². The van der Waals surface area contributed by atoms with Crippen LogP contribution < -0.4 is 10.2 Å². The molecule has 6 nitrogen and oxygen atoms in total. The lowest BCUT2D eigenvalue weighted by atomic mass is 9.88. The Labute approximate surface area is 175 Å². The molecule has 156 valence electrons. The maximum absolute atomic E-state index is 12.8. The number of hydrogen-bond donors (Lipinski definition) is 2. The molecule has 1 heterocycles. The Hall–Kier alpha value is -2.38. The number of benzene rings is 1. The maximum Gasteiger partial charge on any atom is 0.341 e. The first-order valence-electron chi connectivity index (χ1n) is 9.89. The second kappa shape index (κ2) is 9.41. The quantitative estimate of drug-likeness (QED) is 0.676. The van der Waals surface area contributed by atoms with Crippen molar-refractivity contribution in [3.8, 4) is 0 Å². The molecule has 3 rings (SSSR count). The summed E-state index contributed by atoms with van der Waals surface area (Å²) in [6.07, 6.45) is 2.19. The largest absolute Gasteiger partial charge is 0.465 e. The number of nitrogens with one attached hydrogen (secondary N) is 1. The van der Waals surface area contributed by atoms with E-state index in [9.17, 15) is 14.7 Å². The van der Waals surface area contributed by atoms with Gasteiger partial charge in [-0.3, -0.25) is 4.79 Å². The number of carbonyl (C=O) groups excluding carboxylic acids is 2. The number of thiophene rings is 1. The van der Waals surface area contributed by atoms with Crippen LogP contribution in [0, 0.1) is 5.92 Å². The number of carbonyl (C=O) groups is 2. The average molecular weight is 417 g/mol. The van der Waals surface area contributed by atoms with Crippen molar-refractivity contribution in [3.63, 3.8) is 0 Å². The van der Waals surface area contributed by atoms with Gasteiger partial charge < -0.3 is 20.1 Å². The van der Waals surface area contributed by atoms with Crippen LogP contribution in [0.1, 0.15) is 41.1 Å². The number of hydrogen-bond acceptors (Lipinski definition) is 6. The van der Waals surface area contributed by atoms with Crippen LogP contribution >= 0.6 is 11.3 Å². The lowest BCUT2D eigenvalue weighted by Crippen LogP contribution is -2.37. The van der Waals surface area contributed by atoms with E-state index in [1.54, 1.807) is 6.92 Å². The zero-order valence-electron chi connectivity index (χ0n) is 17.1. The van der Waals surface area contributed by atoms with Gasteiger partial charge in [0.15, 0.2) is 0 Å². The predicted octanol–water partition coefficient (Wildman–Crippen LogP) is 3.49. The summed E-state index contributed by atoms with van der Waals surface area (Å²) in [5.74, 6) is -0.0719. The van der Waals surface area contributed by atoms with Crippen molar-refractivity contribution in [1.29, 1.82) is 0 Å². The average Bonchev–Trinajstić information content (AvgIpc) is 3.03. The summed E-state index contributed by atoms with van der Waals surface area (Å²) in [4.78, 5) is 28.2. The van der Waals surface area contributed by atoms with Gasteiger partial charge in [-0.15, -0.1) is 11.3 Å². The number of fused-ring (bicyclic) bond motifs is 1. The number of aliphatic hydroxyl groups excluding tert-OH is 1. The van der Waals surface area contributed by atoms with Crippen LogP contribution in [-0.4, -0.2) is 43.3 Å². The third kappa shape index (κ3) is 5.16. The predicted molar refractivity (Wildman–Crippen MR) is 116 cm³/mol. The third-order valence-corrected chi connectivity index (χ3v) is 6.26. The number of nitrogens with zero attached hydrogens (tertiary/aromatic N) is 1. The van der Waals surface area contributed by atoms with E-state index in [0.29, 0.717) is 23.0 Å². The van der Waals surface area contributed by atoms with Crippen molar-refractivity contribution in [1.82, 2.24) is 0 Å². The van der Waals surface area contributed by atoms with E-state index in [2.05, 4.69) is 12.2 Å². The molecule has 1 aromatic carbocycles. The molecule has 1 aromatic heterocycles. The number of esters is 1. The smallest absolute Gasteiger partial charge is 0.341 e. The van der Waals surface area contributed by atoms with Gasteiger partial charge in [-0.05, 0) is 49.8 Å². The van der Waals surface area contributed by atoms with E-state index in [4.69, 9.17) is 4.74 Å². The van der Waals surface area contributed by atoms with Gasteiger partial charge in [-0.2, -0.15) is 0 Å². The Morgan fingerprint density at radius 3 is 2.72 bits per heavy atom. The molecule has 2 unspecified atom stereocenters. The molecule has 0 bridgehead atoms. The van der Waals surface area contributed by atoms with Crippen LogP contribution in [0.2, 0.25) is 0 Å². The molecule has 1 aliphatic rings. The second-order valence-corrected chi connectivity index (χ2v) is 8.77. The lowest BCUT2D eigenvalue weighted by molar-refractivity contribution is -0.115. The molecule has 0 radical (unpaired) electrons. The topological polar surface area (TPSA) is 78.9 Å². The second-order valence-electron chi connectivity index (χ2n) is 7.66. The fourth-order valence-electron chi connectivity index (χ4n) is 3.72. The Morgan fingerprint density at radius 1 is 1.34 bits per heavy atom. The lowest BCUT2D eigenvalue weighted by Gasteiger charge is -2.25. The van der Waals surface area contributed by atoms with Crippen molar-refractivity contribution < 1.29 is 19.4 Å². The highest BCUT2D eigenvalue weighted by Crippen LogP contribution is 2.40. The number of anilines is 2. The third-order valence-electron chi connectivity index (χ3n) is 5.09. The van der Waals surface area contributed by atoms with Crippen LogP contribution in [0.3, 0.4) is 0 Å². The van der Waals surface area contributed by atoms with E-state index in [-0.39, 0.29) is 12.5 Å². The van der Waals surface area contributed by atoms with Crippen molar-refractivity contribution in [2.75, 3.05) is 30.4 Å². The van der Waals surface area contributed by atoms with Gasteiger partial charge in [0.1, 0.15) is 5.00 Å². The molecule has 1 amide bonds. The number of ether oxygens (including phenoxy) is 1. The van der Waals surface area contributed by atoms with E-state index < -0.39 is 12.1 Å². The summed E-state index contributed by atoms with van der Waals surface area (Å²) >= 11 is 1.47. The number of aliphatic hydroxyl groups is 1. The molecular formula is C22H28N2O4S. The molecule has 1 aliphatic carbocycles. The molecule has 0 aliphatic heterocycles. The zero-order valence-corrected chi connectivity index (χ0v) is 17.9. The molecule has 2 atom stereocenters. The van der Waals surface area contributed by atoms with Crippen molar-refractivity contribution >= 4 is 33.9 Å². The van der Waals surface area contributed by atoms with Crippen LogP contribution in [0.4, 0.5) is 10.7 Å². The van der Waals surface area contributed by atoms with E-state index in [1.165, 1.54) is 18.4 Å². The molecule has 29 heavy (non-hydrogen) atoms. The fourth-order valence-corrected chi connectivity index (χ4v) is 5.13. The van der Waals surface area contributed by atoms with Gasteiger partial charge in [-0.25, -0.2) is 4.79 Å². The minimum atomic E-state index is -0.579. The van der Waals surface area contributed by atoms with Crippen LogP contribution in [-0.2, 0) is 22.4 Å². The number of methoxy groups -OCH3 is 1. The van der Waals surface area contributed by atoms with E-state index in [0.717, 1.165) is 35.4 Å². The highest BCUT2D eigenvalue weighted by molar-refractivity contribution is 7.17.